The van der Waals surface area contributed by atoms with Crippen LogP contribution in [-0.2, 0) is 78.4 Å². The number of carbonyl (C=O) groups excluding carboxylic acids is 7. The van der Waals surface area contributed by atoms with Crippen LogP contribution in [0.25, 0.3) is 11.5 Å². The minimum Gasteiger partial charge on any atom is -0.478 e. The minimum atomic E-state index is -1.49. The van der Waals surface area contributed by atoms with Crippen LogP contribution in [0, 0.1) is 0 Å². The van der Waals surface area contributed by atoms with Crippen LogP contribution in [0.15, 0.2) is 311 Å². The summed E-state index contributed by atoms with van der Waals surface area (Å²) in [5, 5.41) is 0.956. The first kappa shape index (κ1) is 75.8. The quantitative estimate of drug-likeness (QED) is 0.0704. The van der Waals surface area contributed by atoms with E-state index in [2.05, 4.69) is 50.3 Å². The van der Waals surface area contributed by atoms with Crippen LogP contribution >= 0.6 is 55.1 Å². The molecule has 0 saturated carbocycles. The molecular weight excluding hydrogens is 1540 g/mol. The summed E-state index contributed by atoms with van der Waals surface area (Å²) in [4.78, 5) is 98.3. The lowest BCUT2D eigenvalue weighted by Gasteiger charge is -2.42. The molecule has 0 aliphatic carbocycles. The first-order valence-corrected chi connectivity index (χ1v) is 36.9. The molecule has 546 valence electrons. The van der Waals surface area contributed by atoms with Crippen molar-refractivity contribution in [2.45, 2.75) is 70.6 Å². The third-order valence-electron chi connectivity index (χ3n) is 20.1. The van der Waals surface area contributed by atoms with E-state index in [1.165, 1.54) is 12.5 Å². The van der Waals surface area contributed by atoms with Crippen molar-refractivity contribution in [1.82, 2.24) is 0 Å². The predicted molar refractivity (Wildman–Crippen MR) is 432 cm³/mol. The Morgan fingerprint density at radius 2 is 0.881 bits per heavy atom. The van der Waals surface area contributed by atoms with Gasteiger partial charge in [-0.05, 0) is 88.9 Å². The molecule has 19 heteroatoms. The summed E-state index contributed by atoms with van der Waals surface area (Å²) in [6, 6.07) is 78.6. The summed E-state index contributed by atoms with van der Waals surface area (Å²) in [7, 11) is 0. The Morgan fingerprint density at radius 3 is 1.37 bits per heavy atom. The third kappa shape index (κ3) is 12.2. The molecule has 8 heterocycles. The van der Waals surface area contributed by atoms with Gasteiger partial charge < -0.3 is 38.5 Å². The molecule has 0 aromatic heterocycles. The zero-order chi connectivity index (χ0) is 74.5. The maximum Gasteiger partial charge on any atom is 0.281 e. The van der Waals surface area contributed by atoms with Crippen molar-refractivity contribution >= 4 is 131 Å². The molecule has 3 amide bonds. The lowest BCUT2D eigenvalue weighted by molar-refractivity contribution is -0.140. The maximum absolute atomic E-state index is 14.2. The van der Waals surface area contributed by atoms with Gasteiger partial charge in [0.1, 0.15) is 22.7 Å². The van der Waals surface area contributed by atoms with E-state index in [0.29, 0.717) is 103 Å². The minimum absolute atomic E-state index is 0. The number of carbonyl (C=O) groups is 7. The molecule has 10 aromatic rings. The average Bonchev–Trinajstić information content (AvgIpc) is 1.35. The molecule has 4 atom stereocenters. The molecule has 15 nitrogen and oxygen atoms in total. The molecule has 0 saturated heterocycles. The van der Waals surface area contributed by atoms with Gasteiger partial charge in [-0.2, -0.15) is 0 Å². The van der Waals surface area contributed by atoms with Crippen LogP contribution in [-0.4, -0.2) is 54.9 Å². The summed E-state index contributed by atoms with van der Waals surface area (Å²) < 4.78 is 25.6. The Balaban J connectivity index is 0.000000131. The highest BCUT2D eigenvalue weighted by atomic mass is 79.9. The highest BCUT2D eigenvalue weighted by Gasteiger charge is 2.67. The van der Waals surface area contributed by atoms with Gasteiger partial charge in [-0.3, -0.25) is 33.6 Å². The van der Waals surface area contributed by atoms with Gasteiger partial charge in [0, 0.05) is 77.3 Å². The second-order valence-electron chi connectivity index (χ2n) is 26.1. The highest BCUT2D eigenvalue weighted by Crippen LogP contribution is 2.62. The lowest BCUT2D eigenvalue weighted by atomic mass is 9.76. The van der Waals surface area contributed by atoms with Crippen LogP contribution in [0.2, 0.25) is 10.0 Å². The molecule has 18 rings (SSSR count). The van der Waals surface area contributed by atoms with Gasteiger partial charge in [-0.15, -0.1) is 0 Å². The van der Waals surface area contributed by atoms with Gasteiger partial charge in [-0.25, -0.2) is 0 Å². The number of hydrogen-bond acceptors (Lipinski definition) is 12. The van der Waals surface area contributed by atoms with E-state index in [9.17, 15) is 33.6 Å². The zero-order valence-corrected chi connectivity index (χ0v) is 62.3. The molecule has 0 radical (unpaired) electrons. The van der Waals surface area contributed by atoms with Gasteiger partial charge in [0.05, 0.1) is 64.5 Å². The molecule has 0 fully saturated rings. The predicted octanol–water partition coefficient (Wildman–Crippen LogP) is 19.7. The van der Waals surface area contributed by atoms with Gasteiger partial charge in [0.2, 0.25) is 22.4 Å². The Morgan fingerprint density at radius 1 is 0.459 bits per heavy atom. The van der Waals surface area contributed by atoms with Gasteiger partial charge in [0.25, 0.3) is 17.7 Å². The number of halogens is 4. The summed E-state index contributed by atoms with van der Waals surface area (Å²) >= 11 is 19.8. The number of para-hydroxylation sites is 2. The Labute approximate surface area is 658 Å². The van der Waals surface area contributed by atoms with Crippen molar-refractivity contribution in [3.63, 3.8) is 0 Å². The smallest absolute Gasteiger partial charge is 0.281 e. The van der Waals surface area contributed by atoms with Gasteiger partial charge in [0.15, 0.2) is 24.1 Å². The van der Waals surface area contributed by atoms with E-state index < -0.39 is 22.4 Å². The number of fused-ring (bicyclic) bond motifs is 8. The Hall–Kier alpha value is -11.5. The summed E-state index contributed by atoms with van der Waals surface area (Å²) in [5.41, 5.74) is 7.95. The fraction of sp³-hybridized carbons (Fsp3) is 0.144. The lowest BCUT2D eigenvalue weighted by Crippen LogP contribution is -2.51. The fourth-order valence-corrected chi connectivity index (χ4v) is 16.5. The number of rotatable bonds is 15. The third-order valence-corrected chi connectivity index (χ3v) is 21.8. The van der Waals surface area contributed by atoms with E-state index in [1.807, 2.05) is 207 Å². The normalized spacial score (nSPS) is 19.9. The molecule has 0 bridgehead atoms. The molecule has 0 N–H and O–H groups in total. The van der Waals surface area contributed by atoms with Crippen molar-refractivity contribution in [3.05, 3.63) is 377 Å². The summed E-state index contributed by atoms with van der Waals surface area (Å²) in [6.07, 6.45) is 5.11. The average molecular weight is 1620 g/mol. The second kappa shape index (κ2) is 30.7. The standard InChI is InChI=1S/C30H20BrNO3.C26H20ClNO3.C18H12ClNO3.C14H12BrNO2.2CH4/c31-24-18-10-17-23-26(24)32(19-20-11-4-1-5-12-20)29(34)30(23)25(27(33)21-13-6-2-7-14-21)28(35-30)22-15-8-3-9-16-22;1-2-15-28-21-14-13-19(27)16-20(21)26(25(28)30)22(23(29)17-9-5-3-6-10-17)24(31-26)18-11-7-4-8-12-18;19-15-8-4-7-14-16(15)20(9-12-5-2-1-3-6-12)17(22)18(14)13(10-21)11-23-18;1-3-16-9(2)14(10(7-17)8-18-14)12-6-11(15)4-5-13(12)16;;/h1-18H,19H2;3-14,16H,2,15H2,1H3;1-8,10-11H,9H2;4-8H,2-3H2,1H3;2*1H4/t30-;26-;18-;14-;;/m1100../s1. The molecule has 0 unspecified atom stereocenters. The zero-order valence-electron chi connectivity index (χ0n) is 57.6. The van der Waals surface area contributed by atoms with E-state index in [0.717, 1.165) is 78.8 Å². The topological polar surface area (TPSA) is 169 Å². The number of likely N-dealkylation sites (N-methyl/N-ethyl adjacent to an activating group) is 1. The van der Waals surface area contributed by atoms with Crippen LogP contribution < -0.4 is 19.6 Å². The largest absolute Gasteiger partial charge is 0.478 e. The van der Waals surface area contributed by atoms with Crippen molar-refractivity contribution in [3.8, 4) is 0 Å². The number of amides is 3. The van der Waals surface area contributed by atoms with Gasteiger partial charge in [-0.1, -0.05) is 274 Å². The summed E-state index contributed by atoms with van der Waals surface area (Å²) in [6.45, 7) is 10.2. The number of aldehydes is 2. The number of hydrogen-bond donors (Lipinski definition) is 0. The maximum atomic E-state index is 14.2. The van der Waals surface area contributed by atoms with E-state index in [4.69, 9.17) is 42.1 Å². The number of benzene rings is 10. The Kier molecular flexibility index (Phi) is 21.3. The van der Waals surface area contributed by atoms with Crippen molar-refractivity contribution < 1.29 is 52.5 Å². The monoisotopic (exact) mass is 1610 g/mol. The van der Waals surface area contributed by atoms with E-state index in [1.54, 1.807) is 69.3 Å². The molecular formula is C90H72Br2Cl2N4O11. The first-order chi connectivity index (χ1) is 52.0. The number of ether oxygens (including phenoxy) is 4. The van der Waals surface area contributed by atoms with Crippen LogP contribution in [0.4, 0.5) is 22.7 Å². The molecule has 8 aliphatic rings. The highest BCUT2D eigenvalue weighted by molar-refractivity contribution is 9.10. The van der Waals surface area contributed by atoms with Crippen molar-refractivity contribution in [2.75, 3.05) is 32.7 Å². The second-order valence-corrected chi connectivity index (χ2v) is 28.7. The number of nitrogens with zero attached hydrogens (tertiary/aromatic N) is 4. The first-order valence-electron chi connectivity index (χ1n) is 34.6. The fourth-order valence-electron chi connectivity index (χ4n) is 15.1. The van der Waals surface area contributed by atoms with Crippen molar-refractivity contribution in [1.29, 1.82) is 0 Å². The molecule has 10 aromatic carbocycles. The molecule has 8 aliphatic heterocycles. The van der Waals surface area contributed by atoms with Crippen molar-refractivity contribution in [2.24, 2.45) is 0 Å². The van der Waals surface area contributed by atoms with Crippen LogP contribution in [0.5, 0.6) is 0 Å². The molecule has 109 heavy (non-hydrogen) atoms. The summed E-state index contributed by atoms with van der Waals surface area (Å²) in [5.74, 6) is -0.339. The number of ketones is 2. The number of anilines is 4. The van der Waals surface area contributed by atoms with Crippen LogP contribution in [0.3, 0.4) is 0 Å². The van der Waals surface area contributed by atoms with E-state index in [-0.39, 0.29) is 44.1 Å². The Bertz CT molecular complexity index is 5450. The number of Topliss-reactive ketones (excluding diaryl/α,β-unsaturated/α-hetero) is 2. The molecule has 4 spiro atoms. The SMILES string of the molecule is C.C.C=C1N(CC)c2ccc(Br)cc2[C@]12OC=C2C=O.CCCN1C(=O)[C@@]2(OC(c3ccccc3)=C2C(=O)c2ccccc2)c2cc(Cl)ccc21.O=C(C1=C(c2ccccc2)O[C@@]12C(=O)N(Cc1ccccc1)c1c(Br)cccc12)c1ccccc1.O=CC1=CO[C@@]12C(=O)N(Cc1ccccc1)c1c(Cl)cccc12. The van der Waals surface area contributed by atoms with Gasteiger partial charge >= 0.3 is 0 Å². The van der Waals surface area contributed by atoms with E-state index >= 15 is 0 Å². The van der Waals surface area contributed by atoms with Crippen LogP contribution in [0.1, 0.15) is 100 Å².